The smallest absolute Gasteiger partial charge is 0.0912 e. The number of nitrogens with zero attached hydrogens (tertiary/aromatic N) is 4. The standard InChI is InChI=1S/C37H53ClFN5/c1-8-11-14-29(24-44(7)23-28-19-26(5)36(40)30(20-28)22-41-17-12-16-39)34-21-32(25(4)10-3)27(6)37(43-34)31-15-18-42-33(13-9-2)35(31)38/h15,18-22,25,29H,8-14,16-17,23-24,40H2,1-7H3. The number of hydrogen-bond donors (Lipinski definition) is 1. The highest BCUT2D eigenvalue weighted by molar-refractivity contribution is 6.33. The molecule has 0 aliphatic rings. The van der Waals surface area contributed by atoms with Crippen molar-refractivity contribution < 1.29 is 4.39 Å². The lowest BCUT2D eigenvalue weighted by atomic mass is 9.88. The highest BCUT2D eigenvalue weighted by Crippen LogP contribution is 2.37. The molecule has 3 aromatic rings. The van der Waals surface area contributed by atoms with Crippen molar-refractivity contribution in [2.75, 3.05) is 32.5 Å². The molecule has 2 atom stereocenters. The van der Waals surface area contributed by atoms with Crippen LogP contribution in [0.15, 0.2) is 35.5 Å². The third kappa shape index (κ3) is 9.34. The van der Waals surface area contributed by atoms with E-state index in [1.807, 2.05) is 19.2 Å². The number of nitrogen functional groups attached to an aromatic ring is 1. The van der Waals surface area contributed by atoms with Crippen molar-refractivity contribution in [1.82, 2.24) is 14.9 Å². The van der Waals surface area contributed by atoms with Crippen LogP contribution in [0.1, 0.15) is 117 Å². The lowest BCUT2D eigenvalue weighted by Crippen LogP contribution is -2.25. The van der Waals surface area contributed by atoms with Gasteiger partial charge in [0, 0.05) is 60.5 Å². The highest BCUT2D eigenvalue weighted by Gasteiger charge is 2.23. The van der Waals surface area contributed by atoms with E-state index in [-0.39, 0.29) is 12.6 Å². The molecular formula is C37H53ClFN5. The van der Waals surface area contributed by atoms with E-state index in [1.165, 1.54) is 16.7 Å². The van der Waals surface area contributed by atoms with Crippen molar-refractivity contribution in [3.05, 3.63) is 74.7 Å². The lowest BCUT2D eigenvalue weighted by molar-refractivity contribution is 0.292. The number of aliphatic imine (C=N–C) groups is 1. The summed E-state index contributed by atoms with van der Waals surface area (Å²) in [6.45, 7) is 15.0. The summed E-state index contributed by atoms with van der Waals surface area (Å²) in [6, 6.07) is 8.66. The molecule has 7 heteroatoms. The Bertz CT molecular complexity index is 1390. The number of likely N-dealkylation sites (N-methyl/N-ethyl adjacent to an activating group) is 1. The number of halogens is 2. The summed E-state index contributed by atoms with van der Waals surface area (Å²) >= 11 is 6.99. The maximum absolute atomic E-state index is 12.5. The Hall–Kier alpha value is -2.83. The van der Waals surface area contributed by atoms with Crippen molar-refractivity contribution in [3.8, 4) is 11.3 Å². The molecule has 2 heterocycles. The van der Waals surface area contributed by atoms with E-state index in [9.17, 15) is 4.39 Å². The third-order valence-electron chi connectivity index (χ3n) is 8.62. The van der Waals surface area contributed by atoms with Crippen molar-refractivity contribution in [2.45, 2.75) is 105 Å². The summed E-state index contributed by atoms with van der Waals surface area (Å²) in [5.41, 5.74) is 16.8. The molecule has 240 valence electrons. The van der Waals surface area contributed by atoms with Crippen LogP contribution >= 0.6 is 11.6 Å². The second-order valence-electron chi connectivity index (χ2n) is 12.3. The van der Waals surface area contributed by atoms with Crippen molar-refractivity contribution in [1.29, 1.82) is 0 Å². The van der Waals surface area contributed by atoms with Crippen LogP contribution in [0, 0.1) is 13.8 Å². The van der Waals surface area contributed by atoms with E-state index in [1.54, 1.807) is 6.21 Å². The average Bonchev–Trinajstić information content (AvgIpc) is 3.00. The molecule has 0 fully saturated rings. The number of unbranched alkanes of at least 4 members (excludes halogenated alkanes) is 1. The predicted molar refractivity (Wildman–Crippen MR) is 187 cm³/mol. The van der Waals surface area contributed by atoms with Gasteiger partial charge in [-0.2, -0.15) is 0 Å². The summed E-state index contributed by atoms with van der Waals surface area (Å²) in [5.74, 6) is 0.688. The topological polar surface area (TPSA) is 67.4 Å². The Labute approximate surface area is 270 Å². The van der Waals surface area contributed by atoms with E-state index in [0.717, 1.165) is 96.1 Å². The monoisotopic (exact) mass is 621 g/mol. The largest absolute Gasteiger partial charge is 0.398 e. The molecule has 2 unspecified atom stereocenters. The first-order valence-electron chi connectivity index (χ1n) is 16.4. The predicted octanol–water partition coefficient (Wildman–Crippen LogP) is 9.65. The number of alkyl halides is 1. The maximum atomic E-state index is 12.5. The van der Waals surface area contributed by atoms with Crippen LogP contribution in [0.4, 0.5) is 10.1 Å². The van der Waals surface area contributed by atoms with Crippen molar-refractivity contribution >= 4 is 23.5 Å². The fraction of sp³-hybridized carbons (Fsp3) is 0.541. The Balaban J connectivity index is 1.99. The van der Waals surface area contributed by atoms with Gasteiger partial charge in [0.2, 0.25) is 0 Å². The highest BCUT2D eigenvalue weighted by atomic mass is 35.5. The minimum absolute atomic E-state index is 0.273. The van der Waals surface area contributed by atoms with E-state index >= 15 is 0 Å². The Morgan fingerprint density at radius 3 is 2.57 bits per heavy atom. The first-order valence-corrected chi connectivity index (χ1v) is 16.8. The molecule has 0 amide bonds. The number of aryl methyl sites for hydroxylation is 2. The number of pyridine rings is 2. The molecule has 44 heavy (non-hydrogen) atoms. The molecule has 5 nitrogen and oxygen atoms in total. The normalized spacial score (nSPS) is 13.2. The van der Waals surface area contributed by atoms with Gasteiger partial charge in [0.15, 0.2) is 0 Å². The Kier molecular flexibility index (Phi) is 14.3. The molecule has 0 saturated heterocycles. The van der Waals surface area contributed by atoms with Gasteiger partial charge < -0.3 is 10.6 Å². The van der Waals surface area contributed by atoms with Gasteiger partial charge in [0.25, 0.3) is 0 Å². The first kappa shape index (κ1) is 35.6. The van der Waals surface area contributed by atoms with Gasteiger partial charge in [-0.1, -0.05) is 64.6 Å². The van der Waals surface area contributed by atoms with E-state index < -0.39 is 0 Å². The average molecular weight is 622 g/mol. The SMILES string of the molecule is CCCCC(CN(C)Cc1cc(C)c(N)c(C=NCCCF)c1)c1cc(C(C)CC)c(C)c(-c2ccnc(CCC)c2Cl)n1. The van der Waals surface area contributed by atoms with Crippen LogP contribution in [0.2, 0.25) is 5.02 Å². The van der Waals surface area contributed by atoms with Gasteiger partial charge >= 0.3 is 0 Å². The summed E-state index contributed by atoms with van der Waals surface area (Å²) in [4.78, 5) is 16.7. The van der Waals surface area contributed by atoms with Crippen LogP contribution in [0.5, 0.6) is 0 Å². The summed E-state index contributed by atoms with van der Waals surface area (Å²) < 4.78 is 12.5. The van der Waals surface area contributed by atoms with Crippen LogP contribution in [-0.4, -0.2) is 47.9 Å². The van der Waals surface area contributed by atoms with Crippen molar-refractivity contribution in [3.63, 3.8) is 0 Å². The summed E-state index contributed by atoms with van der Waals surface area (Å²) in [7, 11) is 2.18. The molecular weight excluding hydrogens is 569 g/mol. The van der Waals surface area contributed by atoms with Crippen LogP contribution in [0.25, 0.3) is 11.3 Å². The Morgan fingerprint density at radius 2 is 1.89 bits per heavy atom. The second-order valence-corrected chi connectivity index (χ2v) is 12.7. The molecule has 0 radical (unpaired) electrons. The van der Waals surface area contributed by atoms with Crippen molar-refractivity contribution in [2.24, 2.45) is 4.99 Å². The van der Waals surface area contributed by atoms with E-state index in [4.69, 9.17) is 22.3 Å². The molecule has 0 bridgehead atoms. The number of hydrogen-bond acceptors (Lipinski definition) is 5. The van der Waals surface area contributed by atoms with Gasteiger partial charge in [0.05, 0.1) is 23.1 Å². The molecule has 2 aromatic heterocycles. The van der Waals surface area contributed by atoms with E-state index in [0.29, 0.717) is 18.9 Å². The van der Waals surface area contributed by atoms with Gasteiger partial charge in [-0.25, -0.2) is 0 Å². The lowest BCUT2D eigenvalue weighted by Gasteiger charge is -2.27. The molecule has 0 spiro atoms. The van der Waals surface area contributed by atoms with Gasteiger partial charge in [-0.3, -0.25) is 19.4 Å². The maximum Gasteiger partial charge on any atom is 0.0912 e. The zero-order chi connectivity index (χ0) is 32.2. The summed E-state index contributed by atoms with van der Waals surface area (Å²) in [5, 5.41) is 0.724. The first-order chi connectivity index (χ1) is 21.1. The number of aromatic nitrogens is 2. The van der Waals surface area contributed by atoms with Crippen LogP contribution in [-0.2, 0) is 13.0 Å². The van der Waals surface area contributed by atoms with Gasteiger partial charge in [-0.15, -0.1) is 0 Å². The second kappa shape index (κ2) is 17.6. The minimum atomic E-state index is -0.360. The van der Waals surface area contributed by atoms with Gasteiger partial charge in [0.1, 0.15) is 0 Å². The minimum Gasteiger partial charge on any atom is -0.398 e. The molecule has 0 aliphatic carbocycles. The van der Waals surface area contributed by atoms with Gasteiger partial charge in [-0.05, 0) is 92.9 Å². The van der Waals surface area contributed by atoms with Crippen LogP contribution in [0.3, 0.4) is 0 Å². The van der Waals surface area contributed by atoms with Crippen LogP contribution < -0.4 is 5.73 Å². The molecule has 1 aromatic carbocycles. The fourth-order valence-corrected chi connectivity index (χ4v) is 6.18. The number of rotatable bonds is 17. The molecule has 3 rings (SSSR count). The number of benzene rings is 1. The fourth-order valence-electron chi connectivity index (χ4n) is 5.88. The molecule has 0 aliphatic heterocycles. The quantitative estimate of drug-likeness (QED) is 0.0925. The zero-order valence-electron chi connectivity index (χ0n) is 28.0. The number of nitrogens with two attached hydrogens (primary N) is 1. The summed E-state index contributed by atoms with van der Waals surface area (Å²) in [6.07, 6.45) is 10.3. The zero-order valence-corrected chi connectivity index (χ0v) is 28.8. The van der Waals surface area contributed by atoms with E-state index in [2.05, 4.69) is 74.7 Å². The molecule has 2 N–H and O–H groups in total. The number of anilines is 1. The Morgan fingerprint density at radius 1 is 1.11 bits per heavy atom. The molecule has 0 saturated carbocycles. The third-order valence-corrected chi connectivity index (χ3v) is 9.04.